The van der Waals surface area contributed by atoms with Crippen molar-refractivity contribution in [2.45, 2.75) is 109 Å². The predicted molar refractivity (Wildman–Crippen MR) is 133 cm³/mol. The quantitative estimate of drug-likeness (QED) is 0.0834. The van der Waals surface area contributed by atoms with Crippen LogP contribution in [0.1, 0.15) is 103 Å². The molecule has 31 heavy (non-hydrogen) atoms. The van der Waals surface area contributed by atoms with E-state index >= 15 is 0 Å². The van der Waals surface area contributed by atoms with Crippen LogP contribution in [0.4, 0.5) is 0 Å². The van der Waals surface area contributed by atoms with E-state index in [9.17, 15) is 19.5 Å². The fraction of sp³-hybridized carbons (Fsp3) is 0.840. The summed E-state index contributed by atoms with van der Waals surface area (Å²) in [5.74, 6) is 0. The van der Waals surface area contributed by atoms with Crippen molar-refractivity contribution in [2.24, 2.45) is 0 Å². The number of unbranched alkanes of at least 4 members (excludes halogenated alkanes) is 11. The first-order valence-electron chi connectivity index (χ1n) is 12.4. The maximum atomic E-state index is 11.8. The molecule has 1 atom stereocenters. The van der Waals surface area contributed by atoms with Gasteiger partial charge in [0.25, 0.3) is 0 Å². The summed E-state index contributed by atoms with van der Waals surface area (Å²) in [7, 11) is 0.921. The molecular formula is C25H51NO4P+. The topological polar surface area (TPSA) is 77.8 Å². The number of aliphatic hydroxyl groups is 1. The van der Waals surface area contributed by atoms with E-state index < -0.39 is 12.9 Å². The molecular weight excluding hydrogens is 409 g/mol. The van der Waals surface area contributed by atoms with Crippen LogP contribution in [-0.2, 0) is 4.57 Å². The maximum absolute atomic E-state index is 11.8. The van der Waals surface area contributed by atoms with Crippen molar-refractivity contribution in [1.82, 2.24) is 0 Å². The number of quaternary nitrogens is 1. The highest BCUT2D eigenvalue weighted by Gasteiger charge is 2.48. The van der Waals surface area contributed by atoms with E-state index in [1.165, 1.54) is 51.4 Å². The van der Waals surface area contributed by atoms with Crippen molar-refractivity contribution in [2.75, 3.05) is 27.7 Å². The van der Waals surface area contributed by atoms with E-state index in [4.69, 9.17) is 0 Å². The minimum absolute atomic E-state index is 0.0413. The van der Waals surface area contributed by atoms with Crippen molar-refractivity contribution in [3.05, 3.63) is 24.3 Å². The predicted octanol–water partition coefficient (Wildman–Crippen LogP) is 6.54. The van der Waals surface area contributed by atoms with Gasteiger partial charge in [0.2, 0.25) is 5.34 Å². The molecule has 0 heterocycles. The highest BCUT2D eigenvalue weighted by molar-refractivity contribution is 7.53. The van der Waals surface area contributed by atoms with Crippen molar-refractivity contribution >= 4 is 7.60 Å². The molecule has 0 aromatic heterocycles. The molecule has 0 aliphatic carbocycles. The van der Waals surface area contributed by atoms with Gasteiger partial charge >= 0.3 is 7.60 Å². The second-order valence-electron chi connectivity index (χ2n) is 10.0. The van der Waals surface area contributed by atoms with Crippen molar-refractivity contribution in [1.29, 1.82) is 0 Å². The Labute approximate surface area is 192 Å². The SMILES string of the molecule is CCCCCCCCC/C=C\CCC/C=C\CCCCC(O)(C[N+](C)(C)C)P(=O)(O)O. The summed E-state index contributed by atoms with van der Waals surface area (Å²) in [6.45, 7) is 2.30. The van der Waals surface area contributed by atoms with Crippen LogP contribution in [0.2, 0.25) is 0 Å². The number of nitrogens with zero attached hydrogens (tertiary/aromatic N) is 1. The van der Waals surface area contributed by atoms with Gasteiger partial charge in [0.05, 0.1) is 21.1 Å². The molecule has 6 heteroatoms. The van der Waals surface area contributed by atoms with Gasteiger partial charge in [-0.1, -0.05) is 69.8 Å². The van der Waals surface area contributed by atoms with Gasteiger partial charge in [-0.2, -0.15) is 0 Å². The molecule has 0 aromatic carbocycles. The number of hydrogen-bond acceptors (Lipinski definition) is 2. The average molecular weight is 461 g/mol. The lowest BCUT2D eigenvalue weighted by atomic mass is 10.1. The lowest BCUT2D eigenvalue weighted by Crippen LogP contribution is -2.49. The van der Waals surface area contributed by atoms with Crippen LogP contribution in [0.15, 0.2) is 24.3 Å². The van der Waals surface area contributed by atoms with Crippen molar-refractivity contribution < 1.29 is 23.9 Å². The van der Waals surface area contributed by atoms with Crippen LogP contribution in [0.25, 0.3) is 0 Å². The molecule has 0 aromatic rings. The minimum atomic E-state index is -4.56. The molecule has 184 valence electrons. The Balaban J connectivity index is 3.76. The molecule has 5 nitrogen and oxygen atoms in total. The first-order valence-corrected chi connectivity index (χ1v) is 14.0. The third-order valence-electron chi connectivity index (χ3n) is 5.52. The standard InChI is InChI=1S/C25H50NO4P/c1-5-6-7-8-9-10-11-12-13-14-15-16-17-18-19-20-21-22-23-25(27,31(28,29)30)24-26(2,3)4/h13-14,18-19,27H,5-12,15-17,20-24H2,1-4H3,(H-,28,29,30)/p+1/b14-13-,19-18-. The molecule has 0 saturated carbocycles. The van der Waals surface area contributed by atoms with Gasteiger partial charge in [0.15, 0.2) is 0 Å². The fourth-order valence-electron chi connectivity index (χ4n) is 3.79. The molecule has 1 unspecified atom stereocenters. The summed E-state index contributed by atoms with van der Waals surface area (Å²) in [5, 5.41) is 8.58. The van der Waals surface area contributed by atoms with Crippen LogP contribution in [0.5, 0.6) is 0 Å². The van der Waals surface area contributed by atoms with Gasteiger partial charge < -0.3 is 19.4 Å². The zero-order chi connectivity index (χ0) is 23.6. The Bertz CT molecular complexity index is 536. The monoisotopic (exact) mass is 460 g/mol. The second-order valence-corrected chi connectivity index (χ2v) is 11.9. The Hall–Kier alpha value is -0.450. The Morgan fingerprint density at radius 3 is 1.58 bits per heavy atom. The van der Waals surface area contributed by atoms with Gasteiger partial charge in [-0.05, 0) is 57.8 Å². The molecule has 0 fully saturated rings. The number of likely N-dealkylation sites (N-methyl/N-ethyl adjacent to an activating group) is 1. The highest BCUT2D eigenvalue weighted by atomic mass is 31.2. The van der Waals surface area contributed by atoms with Gasteiger partial charge in [0.1, 0.15) is 6.54 Å². The molecule has 0 amide bonds. The Morgan fingerprint density at radius 2 is 1.13 bits per heavy atom. The molecule has 0 aliphatic heterocycles. The largest absolute Gasteiger partial charge is 0.373 e. The summed E-state index contributed by atoms with van der Waals surface area (Å²) in [5.41, 5.74) is 0. The van der Waals surface area contributed by atoms with Crippen LogP contribution in [0.3, 0.4) is 0 Å². The first kappa shape index (κ1) is 30.6. The molecule has 0 aliphatic rings. The van der Waals surface area contributed by atoms with E-state index in [0.717, 1.165) is 32.1 Å². The van der Waals surface area contributed by atoms with Crippen molar-refractivity contribution in [3.8, 4) is 0 Å². The lowest BCUT2D eigenvalue weighted by Gasteiger charge is -2.35. The van der Waals surface area contributed by atoms with E-state index in [1.54, 1.807) is 0 Å². The highest BCUT2D eigenvalue weighted by Crippen LogP contribution is 2.52. The van der Waals surface area contributed by atoms with Gasteiger partial charge in [0, 0.05) is 0 Å². The first-order chi connectivity index (χ1) is 14.5. The number of rotatable bonds is 20. The summed E-state index contributed by atoms with van der Waals surface area (Å²) >= 11 is 0. The normalized spacial score (nSPS) is 15.2. The summed E-state index contributed by atoms with van der Waals surface area (Å²) < 4.78 is 12.1. The zero-order valence-electron chi connectivity index (χ0n) is 20.8. The molecule has 0 rings (SSSR count). The van der Waals surface area contributed by atoms with Gasteiger partial charge in [-0.3, -0.25) is 4.57 Å². The van der Waals surface area contributed by atoms with E-state index in [-0.39, 0.29) is 13.0 Å². The van der Waals surface area contributed by atoms with Gasteiger partial charge in [-0.25, -0.2) is 0 Å². The van der Waals surface area contributed by atoms with E-state index in [1.807, 2.05) is 21.1 Å². The maximum Gasteiger partial charge on any atom is 0.362 e. The fourth-order valence-corrected chi connectivity index (χ4v) is 4.85. The Morgan fingerprint density at radius 1 is 0.710 bits per heavy atom. The minimum Gasteiger partial charge on any atom is -0.373 e. The zero-order valence-corrected chi connectivity index (χ0v) is 21.7. The molecule has 0 spiro atoms. The number of allylic oxidation sites excluding steroid dienone is 4. The van der Waals surface area contributed by atoms with Crippen LogP contribution >= 0.6 is 7.60 Å². The van der Waals surface area contributed by atoms with Crippen LogP contribution in [0, 0.1) is 0 Å². The molecule has 3 N–H and O–H groups in total. The van der Waals surface area contributed by atoms with E-state index in [0.29, 0.717) is 10.9 Å². The second kappa shape index (κ2) is 17.1. The summed E-state index contributed by atoms with van der Waals surface area (Å²) in [4.78, 5) is 19.2. The molecule has 0 radical (unpaired) electrons. The van der Waals surface area contributed by atoms with E-state index in [2.05, 4.69) is 31.2 Å². The van der Waals surface area contributed by atoms with Gasteiger partial charge in [-0.15, -0.1) is 0 Å². The molecule has 0 bridgehead atoms. The molecule has 0 saturated heterocycles. The third-order valence-corrected chi connectivity index (χ3v) is 6.97. The van der Waals surface area contributed by atoms with Crippen molar-refractivity contribution in [3.63, 3.8) is 0 Å². The van der Waals surface area contributed by atoms with Crippen LogP contribution in [-0.4, -0.2) is 52.4 Å². The lowest BCUT2D eigenvalue weighted by molar-refractivity contribution is -0.875. The Kier molecular flexibility index (Phi) is 16.8. The summed E-state index contributed by atoms with van der Waals surface area (Å²) in [6.07, 6.45) is 25.5. The van der Waals surface area contributed by atoms with Crippen LogP contribution < -0.4 is 0 Å². The smallest absolute Gasteiger partial charge is 0.362 e. The number of hydrogen-bond donors (Lipinski definition) is 3. The average Bonchev–Trinajstić information content (AvgIpc) is 2.65. The summed E-state index contributed by atoms with van der Waals surface area (Å²) in [6, 6.07) is 0. The third kappa shape index (κ3) is 17.7.